The Morgan fingerprint density at radius 1 is 1.12 bits per heavy atom. The van der Waals surface area contributed by atoms with Crippen LogP contribution in [0.25, 0.3) is 10.9 Å². The number of benzene rings is 1. The number of aryl methyl sites for hydroxylation is 1. The molecule has 0 saturated carbocycles. The van der Waals surface area contributed by atoms with E-state index in [0.29, 0.717) is 33.5 Å². The van der Waals surface area contributed by atoms with E-state index < -0.39 is 30.1 Å². The zero-order valence-corrected chi connectivity index (χ0v) is 24.1. The van der Waals surface area contributed by atoms with Crippen molar-refractivity contribution in [3.05, 3.63) is 70.1 Å². The van der Waals surface area contributed by atoms with E-state index in [9.17, 15) is 22.8 Å². The molecule has 2 N–H and O–H groups in total. The number of nitrogens with one attached hydrogen (secondary N) is 2. The maximum absolute atomic E-state index is 13.9. The van der Waals surface area contributed by atoms with Gasteiger partial charge in [0.2, 0.25) is 5.95 Å². The average molecular weight is 589 g/mol. The van der Waals surface area contributed by atoms with Crippen molar-refractivity contribution in [2.75, 3.05) is 17.2 Å². The monoisotopic (exact) mass is 588 g/mol. The van der Waals surface area contributed by atoms with Crippen LogP contribution in [0.2, 0.25) is 5.02 Å². The molecule has 0 bridgehead atoms. The van der Waals surface area contributed by atoms with E-state index in [1.807, 2.05) is 26.8 Å². The zero-order valence-electron chi connectivity index (χ0n) is 23.3. The summed E-state index contributed by atoms with van der Waals surface area (Å²) in [7, 11) is 0. The third-order valence-corrected chi connectivity index (χ3v) is 7.02. The highest BCUT2D eigenvalue weighted by molar-refractivity contribution is 6.35. The van der Waals surface area contributed by atoms with Crippen LogP contribution in [0.4, 0.5) is 28.9 Å². The predicted molar refractivity (Wildman–Crippen MR) is 149 cm³/mol. The lowest BCUT2D eigenvalue weighted by Crippen LogP contribution is -2.38. The molecule has 0 saturated heterocycles. The Morgan fingerprint density at radius 2 is 1.83 bits per heavy atom. The number of hydrogen-bond donors (Lipinski definition) is 2. The number of hydrogen-bond acceptors (Lipinski definition) is 7. The van der Waals surface area contributed by atoms with Gasteiger partial charge in [-0.15, -0.1) is 5.10 Å². The Morgan fingerprint density at radius 3 is 2.41 bits per heavy atom. The lowest BCUT2D eigenvalue weighted by molar-refractivity contribution is -0.206. The molecule has 41 heavy (non-hydrogen) atoms. The Labute approximate surface area is 239 Å². The van der Waals surface area contributed by atoms with Crippen LogP contribution in [0.5, 0.6) is 0 Å². The molecule has 0 fully saturated rings. The number of halogens is 5. The smallest absolute Gasteiger partial charge is 0.382 e. The van der Waals surface area contributed by atoms with Gasteiger partial charge in [-0.05, 0) is 59.7 Å². The van der Waals surface area contributed by atoms with Crippen molar-refractivity contribution >= 4 is 33.9 Å². The van der Waals surface area contributed by atoms with Crippen molar-refractivity contribution in [1.29, 1.82) is 5.26 Å². The Hall–Kier alpha value is -3.98. The minimum Gasteiger partial charge on any atom is -0.382 e. The average Bonchev–Trinajstić information content (AvgIpc) is 3.36. The van der Waals surface area contributed by atoms with Crippen LogP contribution in [-0.2, 0) is 5.54 Å². The van der Waals surface area contributed by atoms with Crippen LogP contribution in [0.15, 0.2) is 36.7 Å². The van der Waals surface area contributed by atoms with Gasteiger partial charge in [-0.25, -0.2) is 9.67 Å². The van der Waals surface area contributed by atoms with E-state index in [4.69, 9.17) is 11.6 Å². The van der Waals surface area contributed by atoms with Crippen molar-refractivity contribution in [3.8, 4) is 6.07 Å². The highest BCUT2D eigenvalue weighted by Crippen LogP contribution is 2.40. The molecule has 0 aliphatic carbocycles. The second kappa shape index (κ2) is 10.8. The van der Waals surface area contributed by atoms with E-state index >= 15 is 0 Å². The molecule has 13 heteroatoms. The van der Waals surface area contributed by atoms with Gasteiger partial charge in [-0.3, -0.25) is 4.98 Å². The van der Waals surface area contributed by atoms with Gasteiger partial charge in [0.25, 0.3) is 0 Å². The van der Waals surface area contributed by atoms with Crippen LogP contribution >= 0.6 is 11.6 Å². The molecular weight excluding hydrogens is 560 g/mol. The molecule has 4 rings (SSSR count). The fraction of sp³-hybridized carbons (Fsp3) is 0.393. The van der Waals surface area contributed by atoms with Crippen LogP contribution in [-0.4, -0.2) is 37.7 Å². The lowest BCUT2D eigenvalue weighted by atomic mass is 9.92. The zero-order chi connectivity index (χ0) is 30.3. The molecule has 3 heterocycles. The fourth-order valence-electron chi connectivity index (χ4n) is 4.09. The van der Waals surface area contributed by atoms with Gasteiger partial charge in [-0.1, -0.05) is 22.9 Å². The minimum absolute atomic E-state index is 0.0620. The molecule has 0 spiro atoms. The summed E-state index contributed by atoms with van der Waals surface area (Å²) in [5.74, 6) is -0.635. The van der Waals surface area contributed by atoms with E-state index in [2.05, 4.69) is 30.9 Å². The summed E-state index contributed by atoms with van der Waals surface area (Å²) in [6.07, 6.45) is -1.44. The fourth-order valence-corrected chi connectivity index (χ4v) is 4.36. The molecule has 0 amide bonds. The third-order valence-electron chi connectivity index (χ3n) is 6.73. The van der Waals surface area contributed by atoms with Crippen molar-refractivity contribution in [3.63, 3.8) is 0 Å². The highest BCUT2D eigenvalue weighted by Gasteiger charge is 2.47. The molecule has 0 radical (unpaired) electrons. The van der Waals surface area contributed by atoms with Gasteiger partial charge in [0.05, 0.1) is 45.0 Å². The van der Waals surface area contributed by atoms with E-state index in [1.54, 1.807) is 36.0 Å². The van der Waals surface area contributed by atoms with Crippen LogP contribution in [0, 0.1) is 29.6 Å². The van der Waals surface area contributed by atoms with E-state index in [1.165, 1.54) is 12.3 Å². The normalized spacial score (nSPS) is 13.2. The molecule has 0 aliphatic heterocycles. The van der Waals surface area contributed by atoms with Crippen LogP contribution in [0.1, 0.15) is 63.2 Å². The summed E-state index contributed by atoms with van der Waals surface area (Å²) in [6, 6.07) is 7.43. The number of anilines is 2. The minimum atomic E-state index is -4.47. The van der Waals surface area contributed by atoms with Gasteiger partial charge in [0.15, 0.2) is 0 Å². The molecule has 216 valence electrons. The highest BCUT2D eigenvalue weighted by atomic mass is 35.5. The Balaban J connectivity index is 1.83. The molecular formula is C28H29ClF4N8. The van der Waals surface area contributed by atoms with Gasteiger partial charge in [0.1, 0.15) is 11.8 Å². The molecule has 1 unspecified atom stereocenters. The van der Waals surface area contributed by atoms with Crippen molar-refractivity contribution in [2.24, 2.45) is 5.41 Å². The van der Waals surface area contributed by atoms with Crippen molar-refractivity contribution in [2.45, 2.75) is 59.3 Å². The lowest BCUT2D eigenvalue weighted by Gasteiger charge is -2.28. The maximum atomic E-state index is 13.9. The number of pyridine rings is 2. The number of nitriles is 1. The first-order chi connectivity index (χ1) is 19.0. The third kappa shape index (κ3) is 6.20. The molecule has 1 atom stereocenters. The number of nitrogens with zero attached hydrogens (tertiary/aromatic N) is 6. The van der Waals surface area contributed by atoms with Gasteiger partial charge in [-0.2, -0.15) is 22.8 Å². The van der Waals surface area contributed by atoms with Crippen LogP contribution in [0.3, 0.4) is 0 Å². The standard InChI is InChI=1S/C28H29ClF4N8/c1-15-18(7-8-22(30)37-15)25(21-13-41(40-39-21)26(2,3)4)38-17-9-19-23(36-14-27(5,6)28(31,32)33)16(11-34)12-35-24(19)20(29)10-17/h7-10,12-13,25,38H,14H2,1-6H3,(H,35,36). The van der Waals surface area contributed by atoms with E-state index in [0.717, 1.165) is 13.8 Å². The van der Waals surface area contributed by atoms with Crippen molar-refractivity contribution < 1.29 is 17.6 Å². The summed E-state index contributed by atoms with van der Waals surface area (Å²) in [6.45, 7) is 9.23. The Bertz CT molecular complexity index is 1630. The van der Waals surface area contributed by atoms with Crippen LogP contribution < -0.4 is 10.6 Å². The summed E-state index contributed by atoms with van der Waals surface area (Å²) >= 11 is 6.60. The SMILES string of the molecule is Cc1nc(F)ccc1C(Nc1cc(Cl)c2ncc(C#N)c(NCC(C)(C)C(F)(F)F)c2c1)c1cn(C(C)(C)C)nn1. The van der Waals surface area contributed by atoms with Crippen molar-refractivity contribution in [1.82, 2.24) is 25.0 Å². The first-order valence-corrected chi connectivity index (χ1v) is 13.0. The van der Waals surface area contributed by atoms with Gasteiger partial charge >= 0.3 is 6.18 Å². The number of aromatic nitrogens is 5. The second-order valence-corrected chi connectivity index (χ2v) is 11.8. The first kappa shape index (κ1) is 30.0. The number of alkyl halides is 3. The summed E-state index contributed by atoms with van der Waals surface area (Å²) < 4.78 is 56.3. The van der Waals surface area contributed by atoms with Gasteiger partial charge in [0, 0.05) is 35.1 Å². The summed E-state index contributed by atoms with van der Waals surface area (Å²) in [5.41, 5.74) is 0.121. The maximum Gasteiger partial charge on any atom is 0.395 e. The predicted octanol–water partition coefficient (Wildman–Crippen LogP) is 7.15. The topological polar surface area (TPSA) is 104 Å². The number of rotatable bonds is 7. The molecule has 1 aromatic carbocycles. The molecule has 4 aromatic rings. The molecule has 3 aromatic heterocycles. The number of fused-ring (bicyclic) bond motifs is 1. The molecule has 8 nitrogen and oxygen atoms in total. The van der Waals surface area contributed by atoms with Gasteiger partial charge < -0.3 is 10.6 Å². The largest absolute Gasteiger partial charge is 0.395 e. The summed E-state index contributed by atoms with van der Waals surface area (Å²) in [4.78, 5) is 8.23. The van der Waals surface area contributed by atoms with E-state index in [-0.39, 0.29) is 21.8 Å². The molecule has 0 aliphatic rings. The second-order valence-electron chi connectivity index (χ2n) is 11.4. The first-order valence-electron chi connectivity index (χ1n) is 12.7. The summed E-state index contributed by atoms with van der Waals surface area (Å²) in [5, 5.41) is 25.0. The quantitative estimate of drug-likeness (QED) is 0.174. The Kier molecular flexibility index (Phi) is 7.88.